The van der Waals surface area contributed by atoms with E-state index >= 15 is 0 Å². The number of methoxy groups -OCH3 is 1. The number of amides is 1. The van der Waals surface area contributed by atoms with E-state index in [2.05, 4.69) is 4.90 Å². The molecule has 2 N–H and O–H groups in total. The van der Waals surface area contributed by atoms with Gasteiger partial charge in [-0.3, -0.25) is 5.21 Å². The molecular weight excluding hydrogens is 436 g/mol. The minimum absolute atomic E-state index is 0.0220. The maximum atomic E-state index is 13.4. The van der Waals surface area contributed by atoms with Gasteiger partial charge >= 0.3 is 6.09 Å². The van der Waals surface area contributed by atoms with Crippen LogP contribution in [0.25, 0.3) is 0 Å². The van der Waals surface area contributed by atoms with Gasteiger partial charge in [0.25, 0.3) is 0 Å². The van der Waals surface area contributed by atoms with E-state index in [4.69, 9.17) is 19.4 Å². The maximum Gasteiger partial charge on any atom is 0.432 e. The highest BCUT2D eigenvalue weighted by atomic mass is 32.2. The summed E-state index contributed by atoms with van der Waals surface area (Å²) in [6.07, 6.45) is -0.278. The van der Waals surface area contributed by atoms with E-state index in [1.165, 1.54) is 36.9 Å². The lowest BCUT2D eigenvalue weighted by molar-refractivity contribution is 0.00110. The van der Waals surface area contributed by atoms with Gasteiger partial charge in [-0.25, -0.2) is 18.7 Å². The van der Waals surface area contributed by atoms with Crippen molar-refractivity contribution in [3.8, 4) is 11.5 Å². The number of nitrogens with one attached hydrogen (secondary N) is 1. The summed E-state index contributed by atoms with van der Waals surface area (Å²) in [6, 6.07) is 15.4. The second-order valence-corrected chi connectivity index (χ2v) is 9.67. The largest absolute Gasteiger partial charge is 0.497 e. The fraction of sp³-hybridized carbons (Fsp3) is 0.409. The van der Waals surface area contributed by atoms with Gasteiger partial charge in [0.15, 0.2) is 0 Å². The molecule has 32 heavy (non-hydrogen) atoms. The number of carbonyl (C=O) groups is 1. The minimum Gasteiger partial charge on any atom is -0.497 e. The van der Waals surface area contributed by atoms with E-state index in [9.17, 15) is 13.2 Å². The number of para-hydroxylation sites is 1. The number of benzene rings is 2. The molecule has 0 aromatic heterocycles. The lowest BCUT2D eigenvalue weighted by atomic mass is 10.1. The van der Waals surface area contributed by atoms with Gasteiger partial charge in [0.2, 0.25) is 14.8 Å². The molecule has 0 atom stereocenters. The van der Waals surface area contributed by atoms with E-state index in [1.54, 1.807) is 0 Å². The molecule has 9 nitrogen and oxygen atoms in total. The molecule has 0 spiro atoms. The number of hydrogen-bond acceptors (Lipinski definition) is 8. The Bertz CT molecular complexity index is 973. The van der Waals surface area contributed by atoms with Crippen LogP contribution in [0, 0.1) is 0 Å². The first-order chi connectivity index (χ1) is 15.4. The number of rotatable bonds is 9. The molecule has 0 bridgehead atoms. The summed E-state index contributed by atoms with van der Waals surface area (Å²) < 4.78 is 42.9. The van der Waals surface area contributed by atoms with Crippen molar-refractivity contribution in [2.75, 3.05) is 33.4 Å². The van der Waals surface area contributed by atoms with E-state index in [1.807, 2.05) is 30.3 Å². The van der Waals surface area contributed by atoms with Crippen LogP contribution in [-0.4, -0.2) is 62.9 Å². The first kappa shape index (κ1) is 23.8. The Balaban J connectivity index is 1.64. The number of ether oxygens (including phenoxy) is 3. The Morgan fingerprint density at radius 1 is 1.06 bits per heavy atom. The molecule has 1 heterocycles. The Morgan fingerprint density at radius 2 is 1.72 bits per heavy atom. The Morgan fingerprint density at radius 3 is 2.31 bits per heavy atom. The monoisotopic (exact) mass is 464 g/mol. The number of nitrogens with zero attached hydrogens (tertiary/aromatic N) is 1. The van der Waals surface area contributed by atoms with Gasteiger partial charge in [-0.1, -0.05) is 18.2 Å². The van der Waals surface area contributed by atoms with E-state index in [-0.39, 0.29) is 17.7 Å². The number of piperidine rings is 1. The van der Waals surface area contributed by atoms with Gasteiger partial charge in [-0.05, 0) is 42.8 Å². The summed E-state index contributed by atoms with van der Waals surface area (Å²) in [6.45, 7) is 2.09. The zero-order chi connectivity index (χ0) is 23.0. The predicted octanol–water partition coefficient (Wildman–Crippen LogP) is 2.85. The first-order valence-corrected chi connectivity index (χ1v) is 11.8. The summed E-state index contributed by atoms with van der Waals surface area (Å²) >= 11 is 0. The number of sulfone groups is 1. The molecule has 174 valence electrons. The Labute approximate surface area is 187 Å². The molecule has 10 heteroatoms. The van der Waals surface area contributed by atoms with Crippen LogP contribution in [0.1, 0.15) is 19.3 Å². The smallest absolute Gasteiger partial charge is 0.432 e. The number of hydroxylamine groups is 1. The van der Waals surface area contributed by atoms with Crippen LogP contribution in [-0.2, 0) is 14.6 Å². The average Bonchev–Trinajstić information content (AvgIpc) is 2.83. The molecule has 0 saturated carbocycles. The van der Waals surface area contributed by atoms with Crippen molar-refractivity contribution < 1.29 is 32.6 Å². The summed E-state index contributed by atoms with van der Waals surface area (Å²) in [4.78, 5) is 12.1. The zero-order valence-electron chi connectivity index (χ0n) is 17.9. The molecule has 0 unspecified atom stereocenters. The molecule has 1 saturated heterocycles. The SMILES string of the molecule is COc1ccc(S(=O)(=O)C2(OC(=O)NO)CCN(CCCOc3ccccc3)CC2)cc1. The normalized spacial score (nSPS) is 16.2. The second-order valence-electron chi connectivity index (χ2n) is 7.45. The van der Waals surface area contributed by atoms with E-state index < -0.39 is 20.9 Å². The molecule has 2 aromatic rings. The lowest BCUT2D eigenvalue weighted by Gasteiger charge is -2.40. The predicted molar refractivity (Wildman–Crippen MR) is 117 cm³/mol. The summed E-state index contributed by atoms with van der Waals surface area (Å²) in [5, 5.41) is 8.91. The van der Waals surface area contributed by atoms with Crippen molar-refractivity contribution in [1.29, 1.82) is 0 Å². The van der Waals surface area contributed by atoms with Crippen LogP contribution in [0.15, 0.2) is 59.5 Å². The quantitative estimate of drug-likeness (QED) is 0.331. The molecular formula is C22H28N2O7S. The fourth-order valence-corrected chi connectivity index (χ4v) is 5.53. The van der Waals surface area contributed by atoms with Crippen LogP contribution in [0.3, 0.4) is 0 Å². The molecule has 1 aliphatic heterocycles. The van der Waals surface area contributed by atoms with Crippen molar-refractivity contribution in [2.45, 2.75) is 29.1 Å². The molecule has 0 radical (unpaired) electrons. The van der Waals surface area contributed by atoms with Crippen LogP contribution in [0.5, 0.6) is 11.5 Å². The summed E-state index contributed by atoms with van der Waals surface area (Å²) in [5.74, 6) is 1.32. The third kappa shape index (κ3) is 5.50. The third-order valence-electron chi connectivity index (χ3n) is 5.48. The number of hydrogen-bond donors (Lipinski definition) is 2. The average molecular weight is 465 g/mol. The standard InChI is InChI=1S/C22H28N2O7S/c1-29-18-8-10-20(11-9-18)32(27,28)22(31-21(25)23-26)12-15-24(16-13-22)14-5-17-30-19-6-3-2-4-7-19/h2-4,6-11,26H,5,12-17H2,1H3,(H,23,25). The van der Waals surface area contributed by atoms with Gasteiger partial charge in [0.1, 0.15) is 11.5 Å². The second kappa shape index (κ2) is 10.7. The Hall–Kier alpha value is -2.82. The molecule has 1 amide bonds. The molecule has 0 aliphatic carbocycles. The fourth-order valence-electron chi connectivity index (χ4n) is 3.70. The maximum absolute atomic E-state index is 13.4. The number of carbonyl (C=O) groups excluding carboxylic acids is 1. The summed E-state index contributed by atoms with van der Waals surface area (Å²) in [7, 11) is -2.55. The highest BCUT2D eigenvalue weighted by Crippen LogP contribution is 2.37. The van der Waals surface area contributed by atoms with Crippen molar-refractivity contribution in [2.24, 2.45) is 0 Å². The molecule has 1 fully saturated rings. The van der Waals surface area contributed by atoms with Gasteiger partial charge in [0.05, 0.1) is 18.6 Å². The van der Waals surface area contributed by atoms with Gasteiger partial charge in [-0.2, -0.15) is 0 Å². The molecule has 2 aromatic carbocycles. The topological polar surface area (TPSA) is 114 Å². The molecule has 1 aliphatic rings. The third-order valence-corrected chi connectivity index (χ3v) is 7.84. The zero-order valence-corrected chi connectivity index (χ0v) is 18.7. The van der Waals surface area contributed by atoms with Crippen LogP contribution in [0.2, 0.25) is 0 Å². The van der Waals surface area contributed by atoms with Crippen molar-refractivity contribution in [3.05, 3.63) is 54.6 Å². The first-order valence-electron chi connectivity index (χ1n) is 10.3. The lowest BCUT2D eigenvalue weighted by Crippen LogP contribution is -2.53. The van der Waals surface area contributed by atoms with Crippen molar-refractivity contribution >= 4 is 15.9 Å². The van der Waals surface area contributed by atoms with Gasteiger partial charge in [-0.15, -0.1) is 0 Å². The molecule has 3 rings (SSSR count). The number of likely N-dealkylation sites (tertiary alicyclic amines) is 1. The van der Waals surface area contributed by atoms with Crippen LogP contribution in [0.4, 0.5) is 4.79 Å². The Kier molecular flexibility index (Phi) is 7.94. The highest BCUT2D eigenvalue weighted by Gasteiger charge is 2.50. The highest BCUT2D eigenvalue weighted by molar-refractivity contribution is 7.92. The van der Waals surface area contributed by atoms with E-state index in [0.29, 0.717) is 25.4 Å². The van der Waals surface area contributed by atoms with Crippen molar-refractivity contribution in [1.82, 2.24) is 10.4 Å². The van der Waals surface area contributed by atoms with Gasteiger partial charge in [0, 0.05) is 32.5 Å². The van der Waals surface area contributed by atoms with Crippen molar-refractivity contribution in [3.63, 3.8) is 0 Å². The van der Waals surface area contributed by atoms with Crippen LogP contribution < -0.4 is 15.0 Å². The van der Waals surface area contributed by atoms with Crippen LogP contribution >= 0.6 is 0 Å². The summed E-state index contributed by atoms with van der Waals surface area (Å²) in [5.41, 5.74) is 1.37. The van der Waals surface area contributed by atoms with E-state index in [0.717, 1.165) is 18.7 Å². The minimum atomic E-state index is -4.04. The van der Waals surface area contributed by atoms with Gasteiger partial charge < -0.3 is 19.1 Å².